The standard InChI is InChI=1S/C5H10O3.ClHO2S/c1-3-8-5(7)4(2)6;1-4(2)3/h4,6H,3H2,1-2H3;(H,2,3). The van der Waals surface area contributed by atoms with Gasteiger partial charge in [-0.25, -0.2) is 9.00 Å². The van der Waals surface area contributed by atoms with E-state index >= 15 is 0 Å². The van der Waals surface area contributed by atoms with Crippen molar-refractivity contribution in [2.24, 2.45) is 0 Å². The first-order valence-corrected chi connectivity index (χ1v) is 4.96. The first kappa shape index (κ1) is 14.4. The predicted molar refractivity (Wildman–Crippen MR) is 44.9 cm³/mol. The van der Waals surface area contributed by atoms with E-state index in [0.717, 1.165) is 0 Å². The summed E-state index contributed by atoms with van der Waals surface area (Å²) < 4.78 is 20.6. The maximum Gasteiger partial charge on any atom is 0.334 e. The van der Waals surface area contributed by atoms with Crippen LogP contribution in [-0.4, -0.2) is 32.5 Å². The van der Waals surface area contributed by atoms with Crippen molar-refractivity contribution in [3.63, 3.8) is 0 Å². The fourth-order valence-electron chi connectivity index (χ4n) is 0.263. The van der Waals surface area contributed by atoms with Crippen molar-refractivity contribution >= 4 is 26.9 Å². The van der Waals surface area contributed by atoms with Gasteiger partial charge in [0.25, 0.3) is 10.3 Å². The molecule has 0 amide bonds. The van der Waals surface area contributed by atoms with Crippen molar-refractivity contribution in [1.29, 1.82) is 0 Å². The van der Waals surface area contributed by atoms with E-state index in [4.69, 9.17) is 13.9 Å². The smallest absolute Gasteiger partial charge is 0.334 e. The van der Waals surface area contributed by atoms with Gasteiger partial charge in [0, 0.05) is 10.7 Å². The van der Waals surface area contributed by atoms with E-state index in [9.17, 15) is 4.79 Å². The minimum atomic E-state index is -2.14. The number of ether oxygens (including phenoxy) is 1. The van der Waals surface area contributed by atoms with Crippen LogP contribution in [0, 0.1) is 0 Å². The summed E-state index contributed by atoms with van der Waals surface area (Å²) >= 11 is 0. The first-order chi connectivity index (χ1) is 5.41. The topological polar surface area (TPSA) is 83.8 Å². The summed E-state index contributed by atoms with van der Waals surface area (Å²) in [5.74, 6) is -0.562. The van der Waals surface area contributed by atoms with E-state index in [1.165, 1.54) is 6.92 Å². The molecule has 5 nitrogen and oxygen atoms in total. The minimum absolute atomic E-state index is 0.323. The Labute approximate surface area is 77.5 Å². The largest absolute Gasteiger partial charge is 0.464 e. The SMILES string of the molecule is CCOC(=O)C(C)O.O=S(O)Cl. The van der Waals surface area contributed by atoms with Gasteiger partial charge in [0.15, 0.2) is 0 Å². The van der Waals surface area contributed by atoms with Gasteiger partial charge in [0.05, 0.1) is 6.61 Å². The first-order valence-electron chi connectivity index (χ1n) is 3.03. The van der Waals surface area contributed by atoms with Gasteiger partial charge in [-0.05, 0) is 13.8 Å². The molecule has 0 aromatic rings. The van der Waals surface area contributed by atoms with Crippen LogP contribution in [0.2, 0.25) is 0 Å². The Morgan fingerprint density at radius 1 is 1.75 bits per heavy atom. The lowest BCUT2D eigenvalue weighted by Crippen LogP contribution is -2.18. The second-order valence-corrected chi connectivity index (χ2v) is 2.84. The Balaban J connectivity index is 0. The molecule has 12 heavy (non-hydrogen) atoms. The van der Waals surface area contributed by atoms with Crippen molar-refractivity contribution in [2.75, 3.05) is 6.61 Å². The number of hydrogen-bond acceptors (Lipinski definition) is 4. The van der Waals surface area contributed by atoms with Gasteiger partial charge in [-0.15, -0.1) is 0 Å². The monoisotopic (exact) mass is 218 g/mol. The van der Waals surface area contributed by atoms with Gasteiger partial charge in [-0.3, -0.25) is 4.55 Å². The molecule has 0 spiro atoms. The Hall–Kier alpha value is -0.170. The molecule has 0 fully saturated rings. The summed E-state index contributed by atoms with van der Waals surface area (Å²) in [5.41, 5.74) is 0. The summed E-state index contributed by atoms with van der Waals surface area (Å²) in [5, 5.41) is 8.48. The quantitative estimate of drug-likeness (QED) is 0.396. The molecule has 0 radical (unpaired) electrons. The zero-order chi connectivity index (χ0) is 10.1. The fraction of sp³-hybridized carbons (Fsp3) is 0.800. The zero-order valence-electron chi connectivity index (χ0n) is 6.69. The number of esters is 1. The van der Waals surface area contributed by atoms with Crippen molar-refractivity contribution < 1.29 is 23.4 Å². The normalized spacial score (nSPS) is 13.8. The Morgan fingerprint density at radius 2 is 2.08 bits per heavy atom. The van der Waals surface area contributed by atoms with Gasteiger partial charge in [-0.1, -0.05) is 0 Å². The lowest BCUT2D eigenvalue weighted by atomic mass is 10.4. The van der Waals surface area contributed by atoms with E-state index < -0.39 is 22.4 Å². The van der Waals surface area contributed by atoms with Crippen molar-refractivity contribution in [3.05, 3.63) is 0 Å². The zero-order valence-corrected chi connectivity index (χ0v) is 8.26. The lowest BCUT2D eigenvalue weighted by molar-refractivity contribution is -0.151. The Bertz CT molecular complexity index is 145. The molecule has 74 valence electrons. The van der Waals surface area contributed by atoms with Crippen LogP contribution in [0.25, 0.3) is 0 Å². The molecule has 0 aliphatic rings. The van der Waals surface area contributed by atoms with E-state index in [1.807, 2.05) is 0 Å². The van der Waals surface area contributed by atoms with Crippen LogP contribution in [0.3, 0.4) is 0 Å². The van der Waals surface area contributed by atoms with Gasteiger partial charge in [0.2, 0.25) is 0 Å². The fourth-order valence-corrected chi connectivity index (χ4v) is 0.263. The van der Waals surface area contributed by atoms with Crippen LogP contribution in [0.5, 0.6) is 0 Å². The summed E-state index contributed by atoms with van der Waals surface area (Å²) in [4.78, 5) is 10.3. The highest BCUT2D eigenvalue weighted by Gasteiger charge is 2.07. The third kappa shape index (κ3) is 16.4. The molecule has 0 rings (SSSR count). The van der Waals surface area contributed by atoms with Gasteiger partial charge in [0.1, 0.15) is 6.10 Å². The van der Waals surface area contributed by atoms with E-state index in [1.54, 1.807) is 6.92 Å². The molecular weight excluding hydrogens is 208 g/mol. The lowest BCUT2D eigenvalue weighted by Gasteiger charge is -2.01. The van der Waals surface area contributed by atoms with Crippen LogP contribution in [0.1, 0.15) is 13.8 Å². The third-order valence-corrected chi connectivity index (χ3v) is 0.628. The number of rotatable bonds is 2. The average molecular weight is 219 g/mol. The molecule has 2 N–H and O–H groups in total. The number of carbonyl (C=O) groups excluding carboxylic acids is 1. The second-order valence-electron chi connectivity index (χ2n) is 1.63. The molecule has 0 saturated heterocycles. The number of aliphatic hydroxyl groups is 1. The molecule has 2 atom stereocenters. The van der Waals surface area contributed by atoms with Gasteiger partial charge < -0.3 is 9.84 Å². The highest BCUT2D eigenvalue weighted by Crippen LogP contribution is 1.84. The second kappa shape index (κ2) is 8.92. The maximum absolute atomic E-state index is 10.3. The van der Waals surface area contributed by atoms with Crippen LogP contribution in [0.4, 0.5) is 0 Å². The highest BCUT2D eigenvalue weighted by atomic mass is 35.7. The number of hydrogen-bond donors (Lipinski definition) is 2. The molecule has 0 bridgehead atoms. The van der Waals surface area contributed by atoms with Crippen molar-refractivity contribution in [1.82, 2.24) is 0 Å². The Morgan fingerprint density at radius 3 is 2.17 bits per heavy atom. The van der Waals surface area contributed by atoms with Crippen molar-refractivity contribution in [3.8, 4) is 0 Å². The van der Waals surface area contributed by atoms with Crippen LogP contribution in [0.15, 0.2) is 0 Å². The van der Waals surface area contributed by atoms with Crippen molar-refractivity contribution in [2.45, 2.75) is 20.0 Å². The average Bonchev–Trinajstić information content (AvgIpc) is 1.86. The molecular formula is C5H11ClO5S. The summed E-state index contributed by atoms with van der Waals surface area (Å²) in [7, 11) is 2.16. The molecule has 0 aromatic carbocycles. The molecule has 2 unspecified atom stereocenters. The molecule has 0 saturated carbocycles. The van der Waals surface area contributed by atoms with Crippen LogP contribution < -0.4 is 0 Å². The van der Waals surface area contributed by atoms with Gasteiger partial charge in [-0.2, -0.15) is 0 Å². The summed E-state index contributed by atoms with van der Waals surface area (Å²) in [6.07, 6.45) is -0.991. The third-order valence-electron chi connectivity index (χ3n) is 0.628. The number of halogens is 1. The molecule has 0 aromatic heterocycles. The molecule has 0 heterocycles. The summed E-state index contributed by atoms with van der Waals surface area (Å²) in [6, 6.07) is 0. The predicted octanol–water partition coefficient (Wildman–Crippen LogP) is 0.292. The van der Waals surface area contributed by atoms with Gasteiger partial charge >= 0.3 is 5.97 Å². The van der Waals surface area contributed by atoms with Crippen LogP contribution in [-0.2, 0) is 19.8 Å². The molecule has 7 heteroatoms. The van der Waals surface area contributed by atoms with Crippen LogP contribution >= 0.6 is 10.7 Å². The van der Waals surface area contributed by atoms with E-state index in [0.29, 0.717) is 6.61 Å². The Kier molecular flexibility index (Phi) is 10.7. The van der Waals surface area contributed by atoms with E-state index in [-0.39, 0.29) is 0 Å². The molecule has 0 aliphatic carbocycles. The minimum Gasteiger partial charge on any atom is -0.464 e. The maximum atomic E-state index is 10.3. The van der Waals surface area contributed by atoms with E-state index in [2.05, 4.69) is 15.4 Å². The molecule has 0 aliphatic heterocycles. The highest BCUT2D eigenvalue weighted by molar-refractivity contribution is 8.03. The number of aliphatic hydroxyl groups excluding tert-OH is 1. The number of carbonyl (C=O) groups is 1. The summed E-state index contributed by atoms with van der Waals surface area (Å²) in [6.45, 7) is 3.39.